The SMILES string of the molecule is CN(C)CCN1CCC(NCC2CC=CCC2)CC1. The fourth-order valence-corrected chi connectivity index (χ4v) is 3.08. The van der Waals surface area contributed by atoms with Crippen molar-refractivity contribution in [3.8, 4) is 0 Å². The van der Waals surface area contributed by atoms with E-state index in [1.54, 1.807) is 0 Å². The van der Waals surface area contributed by atoms with Gasteiger partial charge in [0.1, 0.15) is 0 Å². The number of nitrogens with one attached hydrogen (secondary N) is 1. The Morgan fingerprint density at radius 2 is 1.95 bits per heavy atom. The van der Waals surface area contributed by atoms with Crippen molar-refractivity contribution in [3.63, 3.8) is 0 Å². The Bertz CT molecular complexity index is 267. The van der Waals surface area contributed by atoms with Crippen molar-refractivity contribution in [3.05, 3.63) is 12.2 Å². The summed E-state index contributed by atoms with van der Waals surface area (Å²) in [4.78, 5) is 4.89. The van der Waals surface area contributed by atoms with E-state index in [-0.39, 0.29) is 0 Å². The molecule has 1 fully saturated rings. The van der Waals surface area contributed by atoms with Crippen LogP contribution in [-0.4, -0.2) is 62.7 Å². The predicted molar refractivity (Wildman–Crippen MR) is 82.5 cm³/mol. The average molecular weight is 265 g/mol. The van der Waals surface area contributed by atoms with Crippen molar-refractivity contribution in [1.29, 1.82) is 0 Å². The molecule has 1 atom stereocenters. The Morgan fingerprint density at radius 1 is 1.16 bits per heavy atom. The molecular formula is C16H31N3. The number of piperidine rings is 1. The minimum Gasteiger partial charge on any atom is -0.314 e. The Morgan fingerprint density at radius 3 is 2.58 bits per heavy atom. The van der Waals surface area contributed by atoms with Crippen LogP contribution in [0.4, 0.5) is 0 Å². The summed E-state index contributed by atoms with van der Waals surface area (Å²) in [7, 11) is 4.32. The lowest BCUT2D eigenvalue weighted by atomic mass is 9.93. The van der Waals surface area contributed by atoms with E-state index in [1.807, 2.05) is 0 Å². The molecule has 0 spiro atoms. The quantitative estimate of drug-likeness (QED) is 0.741. The topological polar surface area (TPSA) is 18.5 Å². The minimum atomic E-state index is 0.765. The van der Waals surface area contributed by atoms with Crippen molar-refractivity contribution in [2.75, 3.05) is 46.8 Å². The zero-order chi connectivity index (χ0) is 13.5. The molecule has 1 aliphatic carbocycles. The largest absolute Gasteiger partial charge is 0.314 e. The monoisotopic (exact) mass is 265 g/mol. The summed E-state index contributed by atoms with van der Waals surface area (Å²) in [6.07, 6.45) is 11.3. The Balaban J connectivity index is 1.57. The molecule has 1 N–H and O–H groups in total. The van der Waals surface area contributed by atoms with E-state index < -0.39 is 0 Å². The second-order valence-electron chi connectivity index (χ2n) is 6.48. The standard InChI is InChI=1S/C16H31N3/c1-18(2)12-13-19-10-8-16(9-11-19)17-14-15-6-4-3-5-7-15/h3-4,15-17H,5-14H2,1-2H3. The summed E-state index contributed by atoms with van der Waals surface area (Å²) < 4.78 is 0. The third-order valence-electron chi connectivity index (χ3n) is 4.52. The van der Waals surface area contributed by atoms with Gasteiger partial charge in [0.25, 0.3) is 0 Å². The molecule has 2 rings (SSSR count). The maximum Gasteiger partial charge on any atom is 0.0109 e. The molecule has 0 saturated carbocycles. The van der Waals surface area contributed by atoms with Gasteiger partial charge in [-0.25, -0.2) is 0 Å². The summed E-state index contributed by atoms with van der Waals surface area (Å²) in [6.45, 7) is 6.19. The van der Waals surface area contributed by atoms with Crippen LogP contribution >= 0.6 is 0 Å². The zero-order valence-electron chi connectivity index (χ0n) is 12.8. The Hall–Kier alpha value is -0.380. The molecule has 0 aromatic heterocycles. The van der Waals surface area contributed by atoms with E-state index in [1.165, 1.54) is 64.8 Å². The molecule has 3 heteroatoms. The maximum absolute atomic E-state index is 3.81. The third kappa shape index (κ3) is 5.64. The van der Waals surface area contributed by atoms with Crippen LogP contribution in [0.25, 0.3) is 0 Å². The number of nitrogens with zero attached hydrogens (tertiary/aromatic N) is 2. The molecule has 19 heavy (non-hydrogen) atoms. The van der Waals surface area contributed by atoms with Crippen LogP contribution in [0.3, 0.4) is 0 Å². The number of allylic oxidation sites excluding steroid dienone is 2. The highest BCUT2D eigenvalue weighted by Crippen LogP contribution is 2.18. The number of likely N-dealkylation sites (N-methyl/N-ethyl adjacent to an activating group) is 1. The molecule has 0 radical (unpaired) electrons. The molecule has 0 bridgehead atoms. The molecule has 3 nitrogen and oxygen atoms in total. The van der Waals surface area contributed by atoms with Gasteiger partial charge in [0, 0.05) is 19.1 Å². The van der Waals surface area contributed by atoms with Gasteiger partial charge in [0.15, 0.2) is 0 Å². The summed E-state index contributed by atoms with van der Waals surface area (Å²) >= 11 is 0. The summed E-state index contributed by atoms with van der Waals surface area (Å²) in [6, 6.07) is 0.765. The highest BCUT2D eigenvalue weighted by Gasteiger charge is 2.19. The number of hydrogen-bond donors (Lipinski definition) is 1. The van der Waals surface area contributed by atoms with Crippen molar-refractivity contribution in [1.82, 2.24) is 15.1 Å². The van der Waals surface area contributed by atoms with Gasteiger partial charge in [-0.1, -0.05) is 12.2 Å². The van der Waals surface area contributed by atoms with E-state index in [9.17, 15) is 0 Å². The number of likely N-dealkylation sites (tertiary alicyclic amines) is 1. The van der Waals surface area contributed by atoms with Crippen LogP contribution in [0.1, 0.15) is 32.1 Å². The predicted octanol–water partition coefficient (Wildman–Crippen LogP) is 1.96. The molecule has 1 unspecified atom stereocenters. The molecule has 1 aliphatic heterocycles. The summed E-state index contributed by atoms with van der Waals surface area (Å²) in [5.74, 6) is 0.886. The van der Waals surface area contributed by atoms with Crippen LogP contribution in [0.15, 0.2) is 12.2 Å². The van der Waals surface area contributed by atoms with Gasteiger partial charge in [-0.2, -0.15) is 0 Å². The highest BCUT2D eigenvalue weighted by molar-refractivity contribution is 4.91. The lowest BCUT2D eigenvalue weighted by Crippen LogP contribution is -2.45. The van der Waals surface area contributed by atoms with Gasteiger partial charge >= 0.3 is 0 Å². The zero-order valence-corrected chi connectivity index (χ0v) is 12.8. The van der Waals surface area contributed by atoms with Crippen LogP contribution in [0.5, 0.6) is 0 Å². The van der Waals surface area contributed by atoms with Crippen LogP contribution < -0.4 is 5.32 Å². The first kappa shape index (κ1) is 15.0. The van der Waals surface area contributed by atoms with Gasteiger partial charge in [0.05, 0.1) is 0 Å². The third-order valence-corrected chi connectivity index (χ3v) is 4.52. The second kappa shape index (κ2) is 8.03. The van der Waals surface area contributed by atoms with Gasteiger partial charge in [-0.15, -0.1) is 0 Å². The molecule has 0 aromatic rings. The molecule has 1 saturated heterocycles. The summed E-state index contributed by atoms with van der Waals surface area (Å²) in [5.41, 5.74) is 0. The fourth-order valence-electron chi connectivity index (χ4n) is 3.08. The minimum absolute atomic E-state index is 0.765. The highest BCUT2D eigenvalue weighted by atomic mass is 15.2. The Kier molecular flexibility index (Phi) is 6.35. The summed E-state index contributed by atoms with van der Waals surface area (Å²) in [5, 5.41) is 3.81. The van der Waals surface area contributed by atoms with Crippen molar-refractivity contribution in [2.24, 2.45) is 5.92 Å². The number of rotatable bonds is 6. The van der Waals surface area contributed by atoms with Gasteiger partial charge < -0.3 is 15.1 Å². The Labute approximate surface area is 119 Å². The lowest BCUT2D eigenvalue weighted by molar-refractivity contribution is 0.179. The fraction of sp³-hybridized carbons (Fsp3) is 0.875. The second-order valence-corrected chi connectivity index (χ2v) is 6.48. The van der Waals surface area contributed by atoms with Crippen molar-refractivity contribution >= 4 is 0 Å². The average Bonchev–Trinajstić information content (AvgIpc) is 2.45. The van der Waals surface area contributed by atoms with Gasteiger partial charge in [-0.05, 0) is 71.8 Å². The van der Waals surface area contributed by atoms with E-state index >= 15 is 0 Å². The van der Waals surface area contributed by atoms with E-state index in [2.05, 4.69) is 41.4 Å². The van der Waals surface area contributed by atoms with Crippen molar-refractivity contribution in [2.45, 2.75) is 38.1 Å². The van der Waals surface area contributed by atoms with Gasteiger partial charge in [0.2, 0.25) is 0 Å². The molecule has 0 amide bonds. The van der Waals surface area contributed by atoms with Crippen LogP contribution in [0.2, 0.25) is 0 Å². The van der Waals surface area contributed by atoms with E-state index in [0.717, 1.165) is 12.0 Å². The van der Waals surface area contributed by atoms with Crippen LogP contribution in [-0.2, 0) is 0 Å². The molecule has 1 heterocycles. The van der Waals surface area contributed by atoms with E-state index in [4.69, 9.17) is 0 Å². The van der Waals surface area contributed by atoms with Gasteiger partial charge in [-0.3, -0.25) is 0 Å². The van der Waals surface area contributed by atoms with Crippen LogP contribution in [0, 0.1) is 5.92 Å². The smallest absolute Gasteiger partial charge is 0.0109 e. The lowest BCUT2D eigenvalue weighted by Gasteiger charge is -2.34. The van der Waals surface area contributed by atoms with E-state index in [0.29, 0.717) is 0 Å². The maximum atomic E-state index is 3.81. The van der Waals surface area contributed by atoms with Crippen molar-refractivity contribution < 1.29 is 0 Å². The number of hydrogen-bond acceptors (Lipinski definition) is 3. The molecule has 0 aromatic carbocycles. The first-order valence-electron chi connectivity index (χ1n) is 7.99. The molecule has 110 valence electrons. The molecular weight excluding hydrogens is 234 g/mol. The first-order valence-corrected chi connectivity index (χ1v) is 7.99. The first-order chi connectivity index (χ1) is 9.24. The molecule has 2 aliphatic rings. The normalized spacial score (nSPS) is 26.2.